The molecule has 2 heterocycles. The molecule has 2 rings (SSSR count). The second-order valence-electron chi connectivity index (χ2n) is 2.94. The van der Waals surface area contributed by atoms with Gasteiger partial charge >= 0.3 is 0 Å². The Labute approximate surface area is 90.7 Å². The Kier molecular flexibility index (Phi) is 3.12. The van der Waals surface area contributed by atoms with Crippen molar-refractivity contribution in [1.82, 2.24) is 30.2 Å². The third-order valence-corrected chi connectivity index (χ3v) is 1.78. The van der Waals surface area contributed by atoms with E-state index in [-0.39, 0.29) is 12.3 Å². The molecule has 1 N–H and O–H groups in total. The lowest BCUT2D eigenvalue weighted by atomic mass is 10.4. The molecule has 16 heavy (non-hydrogen) atoms. The van der Waals surface area contributed by atoms with Crippen LogP contribution in [0, 0.1) is 0 Å². The molecule has 0 bridgehead atoms. The highest BCUT2D eigenvalue weighted by atomic mass is 16.1. The fraction of sp³-hybridized carbons (Fsp3) is 0.250. The lowest BCUT2D eigenvalue weighted by Gasteiger charge is -2.02. The number of anilines is 1. The summed E-state index contributed by atoms with van der Waals surface area (Å²) in [5.74, 6) is 0.117. The first-order valence-corrected chi connectivity index (χ1v) is 4.62. The Morgan fingerprint density at radius 2 is 2.19 bits per heavy atom. The highest BCUT2D eigenvalue weighted by molar-refractivity contribution is 5.88. The van der Waals surface area contributed by atoms with E-state index >= 15 is 0 Å². The van der Waals surface area contributed by atoms with Crippen LogP contribution in [0.1, 0.15) is 6.42 Å². The van der Waals surface area contributed by atoms with Gasteiger partial charge in [-0.2, -0.15) is 0 Å². The summed E-state index contributed by atoms with van der Waals surface area (Å²) in [6.45, 7) is 0.422. The van der Waals surface area contributed by atoms with Gasteiger partial charge in [-0.25, -0.2) is 14.6 Å². The predicted molar refractivity (Wildman–Crippen MR) is 53.1 cm³/mol. The van der Waals surface area contributed by atoms with Gasteiger partial charge in [0.25, 0.3) is 0 Å². The number of amides is 1. The van der Waals surface area contributed by atoms with Crippen LogP contribution >= 0.6 is 0 Å². The van der Waals surface area contributed by atoms with Gasteiger partial charge in [-0.3, -0.25) is 10.1 Å². The van der Waals surface area contributed by atoms with Crippen LogP contribution < -0.4 is 5.32 Å². The van der Waals surface area contributed by atoms with Crippen molar-refractivity contribution >= 4 is 11.9 Å². The minimum atomic E-state index is -0.179. The lowest BCUT2D eigenvalue weighted by Crippen LogP contribution is -2.16. The number of nitrogens with zero attached hydrogens (tertiary/aromatic N) is 6. The first-order valence-electron chi connectivity index (χ1n) is 4.62. The Morgan fingerprint density at radius 1 is 1.38 bits per heavy atom. The van der Waals surface area contributed by atoms with Gasteiger partial charge in [0.05, 0.1) is 6.54 Å². The Morgan fingerprint density at radius 3 is 2.88 bits per heavy atom. The van der Waals surface area contributed by atoms with Gasteiger partial charge in [-0.15, -0.1) is 5.10 Å². The second-order valence-corrected chi connectivity index (χ2v) is 2.94. The van der Waals surface area contributed by atoms with Crippen molar-refractivity contribution in [2.75, 3.05) is 5.32 Å². The molecule has 1 amide bonds. The van der Waals surface area contributed by atoms with Gasteiger partial charge in [-0.05, 0) is 16.5 Å². The van der Waals surface area contributed by atoms with Crippen molar-refractivity contribution in [2.45, 2.75) is 13.0 Å². The van der Waals surface area contributed by atoms with Crippen molar-refractivity contribution in [3.05, 3.63) is 24.8 Å². The predicted octanol–water partition coefficient (Wildman–Crippen LogP) is -0.508. The van der Waals surface area contributed by atoms with Gasteiger partial charge in [0.1, 0.15) is 6.33 Å². The first-order chi connectivity index (χ1) is 7.84. The zero-order valence-electron chi connectivity index (χ0n) is 8.32. The van der Waals surface area contributed by atoms with Gasteiger partial charge in [0.15, 0.2) is 0 Å². The van der Waals surface area contributed by atoms with Crippen LogP contribution in [0.3, 0.4) is 0 Å². The number of hydrogen-bond acceptors (Lipinski definition) is 6. The molecule has 0 atom stereocenters. The molecule has 0 saturated carbocycles. The van der Waals surface area contributed by atoms with Crippen molar-refractivity contribution in [3.63, 3.8) is 0 Å². The molecule has 0 radical (unpaired) electrons. The third kappa shape index (κ3) is 2.80. The van der Waals surface area contributed by atoms with Crippen molar-refractivity contribution < 1.29 is 4.79 Å². The topological polar surface area (TPSA) is 98.5 Å². The monoisotopic (exact) mass is 219 g/mol. The number of tetrazole rings is 1. The molecule has 0 unspecified atom stereocenters. The minimum Gasteiger partial charge on any atom is -0.294 e. The lowest BCUT2D eigenvalue weighted by molar-refractivity contribution is -0.116. The van der Waals surface area contributed by atoms with Gasteiger partial charge < -0.3 is 0 Å². The molecule has 0 aliphatic heterocycles. The van der Waals surface area contributed by atoms with E-state index in [0.717, 1.165) is 0 Å². The summed E-state index contributed by atoms with van der Waals surface area (Å²) in [7, 11) is 0. The van der Waals surface area contributed by atoms with Gasteiger partial charge in [0.2, 0.25) is 11.9 Å². The number of rotatable bonds is 4. The molecule has 0 aromatic carbocycles. The van der Waals surface area contributed by atoms with Gasteiger partial charge in [0, 0.05) is 18.8 Å². The fourth-order valence-corrected chi connectivity index (χ4v) is 1.05. The molecule has 0 spiro atoms. The largest absolute Gasteiger partial charge is 0.294 e. The molecule has 2 aromatic rings. The average Bonchev–Trinajstić information content (AvgIpc) is 2.81. The Bertz CT molecular complexity index is 441. The summed E-state index contributed by atoms with van der Waals surface area (Å²) in [6.07, 6.45) is 4.84. The van der Waals surface area contributed by atoms with Crippen LogP contribution in [-0.4, -0.2) is 36.1 Å². The van der Waals surface area contributed by atoms with E-state index in [0.29, 0.717) is 12.5 Å². The van der Waals surface area contributed by atoms with E-state index < -0.39 is 0 Å². The van der Waals surface area contributed by atoms with Crippen LogP contribution in [0.5, 0.6) is 0 Å². The number of aromatic nitrogens is 6. The number of hydrogen-bond donors (Lipinski definition) is 1. The summed E-state index contributed by atoms with van der Waals surface area (Å²) in [5.41, 5.74) is 0. The summed E-state index contributed by atoms with van der Waals surface area (Å²) < 4.78 is 1.48. The SMILES string of the molecule is O=C(CCn1cnnn1)Nc1ncccn1. The molecule has 82 valence electrons. The smallest absolute Gasteiger partial charge is 0.229 e. The average molecular weight is 219 g/mol. The fourth-order valence-electron chi connectivity index (χ4n) is 1.05. The van der Waals surface area contributed by atoms with Crippen LogP contribution in [0.4, 0.5) is 5.95 Å². The number of carbonyl (C=O) groups excluding carboxylic acids is 1. The standard InChI is InChI=1S/C8H9N7O/c16-7(2-5-15-6-11-13-14-15)12-8-9-3-1-4-10-8/h1,3-4,6H,2,5H2,(H,9,10,12,16). The van der Waals surface area contributed by atoms with Gasteiger partial charge in [-0.1, -0.05) is 0 Å². The molecule has 8 heteroatoms. The van der Waals surface area contributed by atoms with Crippen LogP contribution in [0.25, 0.3) is 0 Å². The van der Waals surface area contributed by atoms with Crippen molar-refractivity contribution in [2.24, 2.45) is 0 Å². The van der Waals surface area contributed by atoms with Crippen LogP contribution in [-0.2, 0) is 11.3 Å². The quantitative estimate of drug-likeness (QED) is 0.743. The van der Waals surface area contributed by atoms with E-state index in [1.165, 1.54) is 11.0 Å². The van der Waals surface area contributed by atoms with Crippen LogP contribution in [0.15, 0.2) is 24.8 Å². The zero-order valence-corrected chi connectivity index (χ0v) is 8.32. The number of carbonyl (C=O) groups is 1. The summed E-state index contributed by atoms with van der Waals surface area (Å²) in [5, 5.41) is 13.1. The summed E-state index contributed by atoms with van der Waals surface area (Å²) >= 11 is 0. The third-order valence-electron chi connectivity index (χ3n) is 1.78. The Balaban J connectivity index is 1.81. The van der Waals surface area contributed by atoms with E-state index in [9.17, 15) is 4.79 Å². The zero-order chi connectivity index (χ0) is 11.2. The molecule has 0 aliphatic rings. The summed E-state index contributed by atoms with van der Waals surface area (Å²) in [4.78, 5) is 19.2. The van der Waals surface area contributed by atoms with Crippen molar-refractivity contribution in [3.8, 4) is 0 Å². The highest BCUT2D eigenvalue weighted by Crippen LogP contribution is 1.96. The molecule has 0 saturated heterocycles. The minimum absolute atomic E-state index is 0.179. The molecule has 2 aromatic heterocycles. The van der Waals surface area contributed by atoms with E-state index in [4.69, 9.17) is 0 Å². The number of nitrogens with one attached hydrogen (secondary N) is 1. The van der Waals surface area contributed by atoms with Crippen LogP contribution in [0.2, 0.25) is 0 Å². The highest BCUT2D eigenvalue weighted by Gasteiger charge is 2.04. The second kappa shape index (κ2) is 4.91. The number of aryl methyl sites for hydroxylation is 1. The molecular weight excluding hydrogens is 210 g/mol. The maximum atomic E-state index is 11.4. The van der Waals surface area contributed by atoms with Crippen molar-refractivity contribution in [1.29, 1.82) is 0 Å². The van der Waals surface area contributed by atoms with E-state index in [1.807, 2.05) is 0 Å². The molecular formula is C8H9N7O. The van der Waals surface area contributed by atoms with E-state index in [2.05, 4.69) is 30.8 Å². The van der Waals surface area contributed by atoms with E-state index in [1.54, 1.807) is 18.5 Å². The maximum absolute atomic E-state index is 11.4. The Hall–Kier alpha value is -2.38. The molecule has 0 fully saturated rings. The molecule has 8 nitrogen and oxygen atoms in total. The summed E-state index contributed by atoms with van der Waals surface area (Å²) in [6, 6.07) is 1.68. The first kappa shape index (κ1) is 10.1. The molecule has 0 aliphatic carbocycles. The maximum Gasteiger partial charge on any atom is 0.229 e. The normalized spacial score (nSPS) is 10.0.